The van der Waals surface area contributed by atoms with E-state index in [-0.39, 0.29) is 0 Å². The molecule has 0 saturated carbocycles. The molecule has 0 radical (unpaired) electrons. The van der Waals surface area contributed by atoms with Gasteiger partial charge in [0.1, 0.15) is 0 Å². The number of pyridine rings is 1. The van der Waals surface area contributed by atoms with Crippen LogP contribution in [0, 0.1) is 5.92 Å². The van der Waals surface area contributed by atoms with Crippen molar-refractivity contribution < 1.29 is 0 Å². The van der Waals surface area contributed by atoms with Gasteiger partial charge in [0.15, 0.2) is 0 Å². The highest BCUT2D eigenvalue weighted by molar-refractivity contribution is 5.78. The zero-order valence-corrected chi connectivity index (χ0v) is 12.9. The van der Waals surface area contributed by atoms with Crippen molar-refractivity contribution in [2.75, 3.05) is 6.54 Å². The first-order chi connectivity index (χ1) is 9.70. The maximum atomic E-state index is 4.37. The van der Waals surface area contributed by atoms with Crippen LogP contribution in [0.25, 0.3) is 10.9 Å². The average molecular weight is 270 g/mol. The van der Waals surface area contributed by atoms with E-state index in [1.54, 1.807) is 0 Å². The number of fused-ring (bicyclic) bond motifs is 1. The standard InChI is InChI=1S/C18H26N2/c1-4-11-19-17(14(2)3)9-7-15-8-10-18-16(13-15)6-5-12-20-18/h5-6,8,10,12-14,17,19H,4,7,9,11H2,1-3H3. The number of hydrogen-bond acceptors (Lipinski definition) is 2. The van der Waals surface area contributed by atoms with Crippen LogP contribution in [0.5, 0.6) is 0 Å². The van der Waals surface area contributed by atoms with Crippen LogP contribution >= 0.6 is 0 Å². The molecule has 0 spiro atoms. The van der Waals surface area contributed by atoms with E-state index in [1.807, 2.05) is 12.3 Å². The number of aromatic nitrogens is 1. The zero-order chi connectivity index (χ0) is 14.4. The molecular weight excluding hydrogens is 244 g/mol. The quantitative estimate of drug-likeness (QED) is 0.816. The maximum Gasteiger partial charge on any atom is 0.0702 e. The average Bonchev–Trinajstić information content (AvgIpc) is 2.46. The van der Waals surface area contributed by atoms with Crippen LogP contribution in [-0.2, 0) is 6.42 Å². The van der Waals surface area contributed by atoms with Gasteiger partial charge in [-0.1, -0.05) is 32.9 Å². The van der Waals surface area contributed by atoms with E-state index in [1.165, 1.54) is 23.8 Å². The van der Waals surface area contributed by atoms with Crippen molar-refractivity contribution >= 4 is 10.9 Å². The highest BCUT2D eigenvalue weighted by Gasteiger charge is 2.12. The fourth-order valence-corrected chi connectivity index (χ4v) is 2.60. The Morgan fingerprint density at radius 2 is 2.05 bits per heavy atom. The molecular formula is C18H26N2. The lowest BCUT2D eigenvalue weighted by Gasteiger charge is -2.22. The van der Waals surface area contributed by atoms with E-state index >= 15 is 0 Å². The fourth-order valence-electron chi connectivity index (χ4n) is 2.60. The first-order valence-electron chi connectivity index (χ1n) is 7.77. The molecule has 0 amide bonds. The molecule has 1 aromatic carbocycles. The smallest absolute Gasteiger partial charge is 0.0702 e. The van der Waals surface area contributed by atoms with Crippen LogP contribution in [0.2, 0.25) is 0 Å². The minimum atomic E-state index is 0.611. The zero-order valence-electron chi connectivity index (χ0n) is 12.9. The maximum absolute atomic E-state index is 4.37. The second kappa shape index (κ2) is 7.39. The molecule has 2 rings (SSSR count). The number of rotatable bonds is 7. The molecule has 20 heavy (non-hydrogen) atoms. The van der Waals surface area contributed by atoms with Gasteiger partial charge in [0.2, 0.25) is 0 Å². The Kier molecular flexibility index (Phi) is 5.54. The third kappa shape index (κ3) is 4.04. The summed E-state index contributed by atoms with van der Waals surface area (Å²) in [5.74, 6) is 0.684. The number of hydrogen-bond donors (Lipinski definition) is 1. The first kappa shape index (κ1) is 15.0. The van der Waals surface area contributed by atoms with Crippen molar-refractivity contribution in [1.29, 1.82) is 0 Å². The molecule has 1 heterocycles. The normalized spacial score (nSPS) is 13.0. The summed E-state index contributed by atoms with van der Waals surface area (Å²) in [7, 11) is 0. The van der Waals surface area contributed by atoms with Crippen LogP contribution in [-0.4, -0.2) is 17.6 Å². The van der Waals surface area contributed by atoms with Crippen molar-refractivity contribution in [2.45, 2.75) is 46.1 Å². The van der Waals surface area contributed by atoms with E-state index in [4.69, 9.17) is 0 Å². The van der Waals surface area contributed by atoms with Crippen molar-refractivity contribution in [3.8, 4) is 0 Å². The van der Waals surface area contributed by atoms with Gasteiger partial charge in [-0.2, -0.15) is 0 Å². The molecule has 0 fully saturated rings. The molecule has 1 aromatic heterocycles. The molecule has 0 aliphatic heterocycles. The lowest BCUT2D eigenvalue weighted by Crippen LogP contribution is -2.34. The summed E-state index contributed by atoms with van der Waals surface area (Å²) >= 11 is 0. The van der Waals surface area contributed by atoms with Crippen LogP contribution < -0.4 is 5.32 Å². The summed E-state index contributed by atoms with van der Waals surface area (Å²) in [6, 6.07) is 11.4. The second-order valence-electron chi connectivity index (χ2n) is 5.87. The van der Waals surface area contributed by atoms with E-state index in [2.05, 4.69) is 55.3 Å². The van der Waals surface area contributed by atoms with Gasteiger partial charge < -0.3 is 5.32 Å². The Morgan fingerprint density at radius 3 is 2.80 bits per heavy atom. The van der Waals surface area contributed by atoms with Crippen molar-refractivity contribution in [1.82, 2.24) is 10.3 Å². The highest BCUT2D eigenvalue weighted by atomic mass is 14.9. The fraction of sp³-hybridized carbons (Fsp3) is 0.500. The van der Waals surface area contributed by atoms with Gasteiger partial charge in [-0.15, -0.1) is 0 Å². The van der Waals surface area contributed by atoms with Crippen molar-refractivity contribution in [3.05, 3.63) is 42.1 Å². The number of nitrogens with zero attached hydrogens (tertiary/aromatic N) is 1. The van der Waals surface area contributed by atoms with Gasteiger partial charge in [0.05, 0.1) is 5.52 Å². The molecule has 0 aliphatic rings. The summed E-state index contributed by atoms with van der Waals surface area (Å²) in [6.45, 7) is 7.94. The summed E-state index contributed by atoms with van der Waals surface area (Å²) in [5, 5.41) is 4.91. The van der Waals surface area contributed by atoms with Gasteiger partial charge in [-0.05, 0) is 55.5 Å². The number of aryl methyl sites for hydroxylation is 1. The van der Waals surface area contributed by atoms with Gasteiger partial charge in [-0.3, -0.25) is 4.98 Å². The van der Waals surface area contributed by atoms with E-state index < -0.39 is 0 Å². The van der Waals surface area contributed by atoms with Gasteiger partial charge in [0.25, 0.3) is 0 Å². The van der Waals surface area contributed by atoms with Gasteiger partial charge >= 0.3 is 0 Å². The molecule has 0 bridgehead atoms. The molecule has 1 unspecified atom stereocenters. The molecule has 2 heteroatoms. The Morgan fingerprint density at radius 1 is 1.20 bits per heavy atom. The molecule has 108 valence electrons. The summed E-state index contributed by atoms with van der Waals surface area (Å²) < 4.78 is 0. The Balaban J connectivity index is 2.00. The largest absolute Gasteiger partial charge is 0.314 e. The van der Waals surface area contributed by atoms with Crippen LogP contribution in [0.3, 0.4) is 0 Å². The van der Waals surface area contributed by atoms with Crippen LogP contribution in [0.4, 0.5) is 0 Å². The summed E-state index contributed by atoms with van der Waals surface area (Å²) in [6.07, 6.45) is 5.38. The Labute approximate surface area is 122 Å². The minimum absolute atomic E-state index is 0.611. The van der Waals surface area contributed by atoms with Gasteiger partial charge in [-0.25, -0.2) is 0 Å². The van der Waals surface area contributed by atoms with Crippen LogP contribution in [0.15, 0.2) is 36.5 Å². The monoisotopic (exact) mass is 270 g/mol. The number of benzene rings is 1. The molecule has 0 saturated heterocycles. The molecule has 0 aliphatic carbocycles. The molecule has 2 nitrogen and oxygen atoms in total. The third-order valence-corrected chi connectivity index (χ3v) is 3.87. The lowest BCUT2D eigenvalue weighted by molar-refractivity contribution is 0.378. The molecule has 1 atom stereocenters. The molecule has 1 N–H and O–H groups in total. The summed E-state index contributed by atoms with van der Waals surface area (Å²) in [5.41, 5.74) is 2.50. The Bertz CT molecular complexity index is 534. The minimum Gasteiger partial charge on any atom is -0.314 e. The van der Waals surface area contributed by atoms with Gasteiger partial charge in [0, 0.05) is 17.6 Å². The van der Waals surface area contributed by atoms with E-state index in [0.717, 1.165) is 18.5 Å². The van der Waals surface area contributed by atoms with Crippen LogP contribution in [0.1, 0.15) is 39.2 Å². The highest BCUT2D eigenvalue weighted by Crippen LogP contribution is 2.16. The topological polar surface area (TPSA) is 24.9 Å². The summed E-state index contributed by atoms with van der Waals surface area (Å²) in [4.78, 5) is 4.37. The SMILES string of the molecule is CCCNC(CCc1ccc2ncccc2c1)C(C)C. The van der Waals surface area contributed by atoms with Crippen molar-refractivity contribution in [3.63, 3.8) is 0 Å². The van der Waals surface area contributed by atoms with E-state index in [9.17, 15) is 0 Å². The predicted molar refractivity (Wildman–Crippen MR) is 87.0 cm³/mol. The number of nitrogens with one attached hydrogen (secondary N) is 1. The third-order valence-electron chi connectivity index (χ3n) is 3.87. The first-order valence-corrected chi connectivity index (χ1v) is 7.77. The van der Waals surface area contributed by atoms with E-state index in [0.29, 0.717) is 12.0 Å². The predicted octanol–water partition coefficient (Wildman–Crippen LogP) is 4.19. The second-order valence-corrected chi connectivity index (χ2v) is 5.87. The Hall–Kier alpha value is -1.41. The molecule has 2 aromatic rings. The van der Waals surface area contributed by atoms with Crippen molar-refractivity contribution in [2.24, 2.45) is 5.92 Å². The lowest BCUT2D eigenvalue weighted by atomic mass is 9.96.